The highest BCUT2D eigenvalue weighted by atomic mass is 35.5. The molecule has 690 valence electrons. The lowest BCUT2D eigenvalue weighted by Gasteiger charge is -2.43. The molecule has 15 atom stereocenters. The predicted molar refractivity (Wildman–Crippen MR) is 485 cm³/mol. The number of amides is 2. The van der Waals surface area contributed by atoms with Crippen molar-refractivity contribution in [3.05, 3.63) is 165 Å². The Bertz CT molecular complexity index is 5000. The number of piperazine rings is 1. The predicted octanol–water partition coefficient (Wildman–Crippen LogP) is 14.6. The zero-order valence-corrected chi connectivity index (χ0v) is 76.8. The van der Waals surface area contributed by atoms with E-state index in [2.05, 4.69) is 50.5 Å². The fourth-order valence-electron chi connectivity index (χ4n) is 19.2. The summed E-state index contributed by atoms with van der Waals surface area (Å²) in [5.74, 6) is -10.2. The number of nitro groups is 1. The Morgan fingerprint density at radius 1 is 0.850 bits per heavy atom. The van der Waals surface area contributed by atoms with Crippen molar-refractivity contribution in [1.29, 1.82) is 0 Å². The number of ether oxygens (including phenoxy) is 7. The fourth-order valence-corrected chi connectivity index (χ4v) is 20.3. The second-order valence-corrected chi connectivity index (χ2v) is 39.3. The Balaban J connectivity index is 0.791. The van der Waals surface area contributed by atoms with Crippen LogP contribution < -0.4 is 19.3 Å². The van der Waals surface area contributed by atoms with Gasteiger partial charge in [0.25, 0.3) is 33.3 Å². The zero-order valence-electron chi connectivity index (χ0n) is 75.3. The summed E-state index contributed by atoms with van der Waals surface area (Å²) in [7, 11) is -1.98. The number of nitrogens with one attached hydrogen (secondary N) is 2. The lowest BCUT2D eigenvalue weighted by atomic mass is 9.72. The number of cyclic esters (lactones) is 1. The number of nitrogens with zero attached hydrogens (tertiary/aromatic N) is 6. The van der Waals surface area contributed by atoms with Crippen molar-refractivity contribution in [2.75, 3.05) is 96.2 Å². The summed E-state index contributed by atoms with van der Waals surface area (Å²) in [5, 5.41) is 50.1. The van der Waals surface area contributed by atoms with E-state index >= 15 is 4.79 Å². The number of carbonyl (C=O) groups excluding carboxylic acids is 6. The first-order chi connectivity index (χ1) is 60.6. The molecule has 1 unspecified atom stereocenters. The van der Waals surface area contributed by atoms with Crippen LogP contribution in [-0.2, 0) is 62.4 Å². The highest BCUT2D eigenvalue weighted by molar-refractivity contribution is 7.90. The number of rotatable bonds is 22. The van der Waals surface area contributed by atoms with Gasteiger partial charge in [-0.25, -0.2) is 22.9 Å². The van der Waals surface area contributed by atoms with Crippen LogP contribution in [0, 0.1) is 57.0 Å². The molecule has 5 fully saturated rings. The molecule has 1 saturated carbocycles. The highest BCUT2D eigenvalue weighted by Gasteiger charge is 2.54. The quantitative estimate of drug-likeness (QED) is 0.0141. The average molecular weight is 1790 g/mol. The number of aromatic amines is 1. The van der Waals surface area contributed by atoms with Crippen molar-refractivity contribution in [3.8, 4) is 11.5 Å². The molecule has 2 bridgehead atoms. The number of aromatic nitrogens is 2. The standard InChI is InChI=1S/C97H129ClN8O20S/c1-60-17-13-12-14-18-61(2)84(53-74-27-20-66(7)97(115,126-74)91(111)94(113)105-38-16-15-19-80(105)95(114)125-85(63(4)49-68-21-31-82(107)87(50-68)120-10)55-83(108)62(3)48-65(6)89(110)90(121-11)88(109)64(5)47-60)123-46-43-104(58-67-34-44-122-45-35-67)79-30-28-76(54-81(79)106(116)117)127(118,119)101-93(112)77-29-26-73(52-86(77)124-75-51-70-33-37-99-92(70)100-57-75)103-41-39-102(40-42-103)59-71-32-36-96(8,9)56-78(71)69-22-24-72(98)25-23-69/h12-14,17-18,22-26,28-30,33,37,48,51-52,54,57,60,62-64,66-68,74,80,82,84-85,87,89-90,107,110,115H,15-16,19-21,27,31-32,34-36,38-47,49-50,53,55-56,58-59H2,1-11H3,(H,99,100)(H,101,112)/b14-12+,17-13+,61-18-,65-48+/t60-,62-,63?,64-,66-,68-,74+,80+,82-,84-,85+,87-,89-,90+,97-/m1/s1. The van der Waals surface area contributed by atoms with Crippen LogP contribution in [0.1, 0.15) is 187 Å². The molecule has 5 aliphatic heterocycles. The highest BCUT2D eigenvalue weighted by Crippen LogP contribution is 2.45. The number of H-pyrrole nitrogens is 1. The molecule has 2 aliphatic carbocycles. The molecule has 2 aromatic heterocycles. The number of aliphatic hydroxyl groups is 3. The number of halogens is 1. The van der Waals surface area contributed by atoms with Crippen molar-refractivity contribution in [3.63, 3.8) is 0 Å². The number of hydrogen-bond donors (Lipinski definition) is 5. The van der Waals surface area contributed by atoms with Gasteiger partial charge in [-0.15, -0.1) is 0 Å². The van der Waals surface area contributed by atoms with E-state index in [9.17, 15) is 57.8 Å². The number of benzene rings is 3. The molecule has 0 spiro atoms. The van der Waals surface area contributed by atoms with Crippen LogP contribution in [0.15, 0.2) is 143 Å². The van der Waals surface area contributed by atoms with Gasteiger partial charge in [-0.05, 0) is 210 Å². The Morgan fingerprint density at radius 3 is 2.34 bits per heavy atom. The van der Waals surface area contributed by atoms with Gasteiger partial charge in [-0.1, -0.05) is 114 Å². The maximum Gasteiger partial charge on any atom is 0.329 e. The molecule has 127 heavy (non-hydrogen) atoms. The molecule has 7 heterocycles. The first-order valence-electron chi connectivity index (χ1n) is 45.2. The first-order valence-corrected chi connectivity index (χ1v) is 47.1. The van der Waals surface area contributed by atoms with E-state index < -0.39 is 127 Å². The third kappa shape index (κ3) is 24.8. The molecular weight excluding hydrogens is 1660 g/mol. The van der Waals surface area contributed by atoms with E-state index in [0.29, 0.717) is 112 Å². The molecule has 0 radical (unpaired) electrons. The minimum atomic E-state index is -4.87. The van der Waals surface area contributed by atoms with Gasteiger partial charge in [0, 0.05) is 145 Å². The second kappa shape index (κ2) is 43.7. The topological polar surface area (TPSA) is 359 Å². The zero-order chi connectivity index (χ0) is 91.2. The molecule has 5 N–H and O–H groups in total. The Labute approximate surface area is 751 Å². The van der Waals surface area contributed by atoms with E-state index in [1.165, 1.54) is 48.2 Å². The van der Waals surface area contributed by atoms with Gasteiger partial charge in [-0.2, -0.15) is 0 Å². The minimum absolute atomic E-state index is 0.0147. The lowest BCUT2D eigenvalue weighted by Crippen LogP contribution is -2.61. The smallest absolute Gasteiger partial charge is 0.329 e. The van der Waals surface area contributed by atoms with Crippen LogP contribution in [0.5, 0.6) is 11.5 Å². The monoisotopic (exact) mass is 1790 g/mol. The number of aliphatic hydroxyl groups excluding tert-OH is 2. The van der Waals surface area contributed by atoms with Crippen LogP contribution in [0.2, 0.25) is 5.02 Å². The van der Waals surface area contributed by atoms with Gasteiger partial charge in [0.15, 0.2) is 5.78 Å². The summed E-state index contributed by atoms with van der Waals surface area (Å²) in [5.41, 5.74) is 5.84. The number of carbonyl (C=O) groups is 6. The first kappa shape index (κ1) is 97.2. The number of pyridine rings is 1. The molecule has 2 amide bonds. The van der Waals surface area contributed by atoms with Gasteiger partial charge < -0.3 is 68.2 Å². The number of piperidine rings is 1. The van der Waals surface area contributed by atoms with E-state index in [-0.39, 0.29) is 109 Å². The fraction of sp³-hybridized carbons (Fsp3) is 0.577. The van der Waals surface area contributed by atoms with Crippen molar-refractivity contribution in [2.45, 2.75) is 231 Å². The Morgan fingerprint density at radius 2 is 1.61 bits per heavy atom. The number of Topliss-reactive ketones (excluding diaryl/α,β-unsaturated/α-hetero) is 3. The molecule has 4 saturated heterocycles. The Hall–Kier alpha value is -8.85. The van der Waals surface area contributed by atoms with Crippen LogP contribution in [-0.4, -0.2) is 225 Å². The number of esters is 1. The van der Waals surface area contributed by atoms with Crippen molar-refractivity contribution in [1.82, 2.24) is 24.5 Å². The summed E-state index contributed by atoms with van der Waals surface area (Å²) in [6.07, 6.45) is 15.7. The number of sulfonamides is 1. The summed E-state index contributed by atoms with van der Waals surface area (Å²) in [6, 6.07) is 18.9. The SMILES string of the molecule is CO[C@@H]1C[C@@H](CC(C)[C@@H]2CC(=O)[C@H](C)/C=C(\C)[C@@H](O)[C@@H](OC)C(=O)[C@H](C)C[C@H](C)/C=C/C=C/C=C(/C)[C@H](OCCN(CC3CCOCC3)c3ccc(S(=O)(=O)NC(=O)c4ccc(N5CCN(CC6=C(c7ccc(Cl)cc7)CC(C)(C)CC6)CC5)cc4Oc4cnc5[nH]ccc5c4)cc3[N+](=O)[O-])C[C@@H]3CC[C@@H](C)[C@@](O)(O3)C(=O)C(=O)N3CCCC[C@H]3C(=O)O2)CC[C@H]1O. The second-order valence-electron chi connectivity index (χ2n) is 37.1. The number of ketones is 3. The van der Waals surface area contributed by atoms with Crippen LogP contribution >= 0.6 is 11.6 Å². The molecule has 3 aromatic carbocycles. The largest absolute Gasteiger partial charge is 0.460 e. The maximum absolute atomic E-state index is 15.0. The number of allylic oxidation sites excluding steroid dienone is 7. The van der Waals surface area contributed by atoms with E-state index in [1.807, 2.05) is 63.3 Å². The third-order valence-corrected chi connectivity index (χ3v) is 28.6. The molecule has 28 nitrogen and oxygen atoms in total. The van der Waals surface area contributed by atoms with Gasteiger partial charge >= 0.3 is 5.97 Å². The number of anilines is 2. The summed E-state index contributed by atoms with van der Waals surface area (Å²) in [4.78, 5) is 116. The van der Waals surface area contributed by atoms with Gasteiger partial charge in [0.1, 0.15) is 53.0 Å². The van der Waals surface area contributed by atoms with E-state index in [4.69, 9.17) is 44.8 Å². The Kier molecular flexibility index (Phi) is 33.5. The number of hydrogen-bond acceptors (Lipinski definition) is 24. The van der Waals surface area contributed by atoms with E-state index in [1.54, 1.807) is 76.3 Å². The summed E-state index contributed by atoms with van der Waals surface area (Å²) >= 11 is 6.33. The maximum atomic E-state index is 15.0. The van der Waals surface area contributed by atoms with Crippen LogP contribution in [0.4, 0.5) is 17.1 Å². The van der Waals surface area contributed by atoms with Crippen molar-refractivity contribution in [2.24, 2.45) is 46.8 Å². The normalized spacial score (nSPS) is 29.4. The number of fused-ring (bicyclic) bond motifs is 4. The summed E-state index contributed by atoms with van der Waals surface area (Å²) < 4.78 is 75.0. The average Bonchev–Trinajstić information content (AvgIpc) is 1.26. The van der Waals surface area contributed by atoms with E-state index in [0.717, 1.165) is 60.9 Å². The lowest BCUT2D eigenvalue weighted by molar-refractivity contribution is -0.384. The van der Waals surface area contributed by atoms with Crippen molar-refractivity contribution >= 4 is 90.4 Å². The third-order valence-electron chi connectivity index (χ3n) is 27.1. The molecule has 7 aliphatic rings. The molecular formula is C97H129ClN8O20S. The van der Waals surface area contributed by atoms with Crippen LogP contribution in [0.3, 0.4) is 0 Å². The molecule has 5 aromatic rings. The minimum Gasteiger partial charge on any atom is -0.460 e. The van der Waals surface area contributed by atoms with Gasteiger partial charge in [0.05, 0.1) is 52.6 Å². The van der Waals surface area contributed by atoms with Crippen LogP contribution in [0.25, 0.3) is 16.6 Å². The molecule has 30 heteroatoms. The van der Waals surface area contributed by atoms with Gasteiger partial charge in [0.2, 0.25) is 5.79 Å². The molecule has 12 rings (SSSR count). The van der Waals surface area contributed by atoms with Crippen molar-refractivity contribution < 1.29 is 90.6 Å². The summed E-state index contributed by atoms with van der Waals surface area (Å²) in [6.45, 7) is 21.6. The number of methoxy groups -OCH3 is 2. The van der Waals surface area contributed by atoms with Gasteiger partial charge in [-0.3, -0.25) is 39.0 Å². The number of nitro benzene ring substituents is 1.